The SMILES string of the molecule is CCOc1ccc(N)cc1CN1CCCC(C)CC1. The molecular weight excluding hydrogens is 236 g/mol. The molecule has 1 atom stereocenters. The minimum absolute atomic E-state index is 0.702. The van der Waals surface area contributed by atoms with Crippen molar-refractivity contribution in [1.29, 1.82) is 0 Å². The maximum absolute atomic E-state index is 5.91. The smallest absolute Gasteiger partial charge is 0.123 e. The number of benzene rings is 1. The molecule has 0 amide bonds. The lowest BCUT2D eigenvalue weighted by Gasteiger charge is -2.22. The second kappa shape index (κ2) is 6.80. The van der Waals surface area contributed by atoms with Gasteiger partial charge in [-0.3, -0.25) is 4.90 Å². The van der Waals surface area contributed by atoms with Crippen molar-refractivity contribution >= 4 is 5.69 Å². The van der Waals surface area contributed by atoms with Crippen molar-refractivity contribution in [3.05, 3.63) is 23.8 Å². The molecule has 106 valence electrons. The van der Waals surface area contributed by atoms with E-state index in [-0.39, 0.29) is 0 Å². The van der Waals surface area contributed by atoms with Gasteiger partial charge in [-0.1, -0.05) is 6.92 Å². The highest BCUT2D eigenvalue weighted by molar-refractivity contribution is 5.47. The van der Waals surface area contributed by atoms with E-state index in [9.17, 15) is 0 Å². The van der Waals surface area contributed by atoms with E-state index in [0.29, 0.717) is 6.61 Å². The monoisotopic (exact) mass is 262 g/mol. The third kappa shape index (κ3) is 4.13. The third-order valence-electron chi connectivity index (χ3n) is 3.89. The summed E-state index contributed by atoms with van der Waals surface area (Å²) in [7, 11) is 0. The average molecular weight is 262 g/mol. The number of rotatable bonds is 4. The summed E-state index contributed by atoms with van der Waals surface area (Å²) in [5.41, 5.74) is 7.95. The fourth-order valence-electron chi connectivity index (χ4n) is 2.74. The fraction of sp³-hybridized carbons (Fsp3) is 0.625. The summed E-state index contributed by atoms with van der Waals surface area (Å²) in [5, 5.41) is 0. The van der Waals surface area contributed by atoms with Crippen LogP contribution in [0.25, 0.3) is 0 Å². The zero-order valence-electron chi connectivity index (χ0n) is 12.2. The van der Waals surface area contributed by atoms with E-state index in [1.165, 1.54) is 37.9 Å². The number of likely N-dealkylation sites (tertiary alicyclic amines) is 1. The van der Waals surface area contributed by atoms with Crippen molar-refractivity contribution in [2.75, 3.05) is 25.4 Å². The molecule has 1 saturated heterocycles. The van der Waals surface area contributed by atoms with Crippen molar-refractivity contribution in [1.82, 2.24) is 4.90 Å². The van der Waals surface area contributed by atoms with Crippen molar-refractivity contribution < 1.29 is 4.74 Å². The van der Waals surface area contributed by atoms with Crippen LogP contribution in [0, 0.1) is 5.92 Å². The summed E-state index contributed by atoms with van der Waals surface area (Å²) < 4.78 is 5.70. The predicted molar refractivity (Wildman–Crippen MR) is 80.3 cm³/mol. The molecule has 0 bridgehead atoms. The van der Waals surface area contributed by atoms with Crippen molar-refractivity contribution in [3.8, 4) is 5.75 Å². The Morgan fingerprint density at radius 1 is 1.32 bits per heavy atom. The maximum Gasteiger partial charge on any atom is 0.123 e. The van der Waals surface area contributed by atoms with Crippen LogP contribution in [0.5, 0.6) is 5.75 Å². The molecule has 1 aromatic carbocycles. The Bertz CT molecular complexity index is 406. The van der Waals surface area contributed by atoms with Gasteiger partial charge in [0.1, 0.15) is 5.75 Å². The Morgan fingerprint density at radius 3 is 2.95 bits per heavy atom. The van der Waals surface area contributed by atoms with Crippen LogP contribution in [0.2, 0.25) is 0 Å². The van der Waals surface area contributed by atoms with Crippen LogP contribution >= 0.6 is 0 Å². The van der Waals surface area contributed by atoms with E-state index >= 15 is 0 Å². The van der Waals surface area contributed by atoms with Gasteiger partial charge in [-0.2, -0.15) is 0 Å². The van der Waals surface area contributed by atoms with Gasteiger partial charge < -0.3 is 10.5 Å². The molecule has 3 heteroatoms. The topological polar surface area (TPSA) is 38.5 Å². The molecule has 1 aromatic rings. The average Bonchev–Trinajstić information content (AvgIpc) is 2.58. The minimum Gasteiger partial charge on any atom is -0.494 e. The number of anilines is 1. The van der Waals surface area contributed by atoms with Crippen molar-refractivity contribution in [3.63, 3.8) is 0 Å². The van der Waals surface area contributed by atoms with Gasteiger partial charge in [-0.25, -0.2) is 0 Å². The van der Waals surface area contributed by atoms with Gasteiger partial charge >= 0.3 is 0 Å². The molecule has 0 saturated carbocycles. The summed E-state index contributed by atoms with van der Waals surface area (Å²) in [4.78, 5) is 2.53. The van der Waals surface area contributed by atoms with Gasteiger partial charge in [0.05, 0.1) is 6.61 Å². The van der Waals surface area contributed by atoms with Gasteiger partial charge in [0.2, 0.25) is 0 Å². The number of nitrogens with two attached hydrogens (primary N) is 1. The number of nitrogens with zero attached hydrogens (tertiary/aromatic N) is 1. The standard InChI is InChI=1S/C16H26N2O/c1-3-19-16-7-6-15(17)11-14(16)12-18-9-4-5-13(2)8-10-18/h6-7,11,13H,3-5,8-10,12,17H2,1-2H3. The van der Waals surface area contributed by atoms with E-state index in [2.05, 4.69) is 17.9 Å². The summed E-state index contributed by atoms with van der Waals surface area (Å²) >= 11 is 0. The molecule has 1 fully saturated rings. The molecule has 19 heavy (non-hydrogen) atoms. The first-order valence-electron chi connectivity index (χ1n) is 7.42. The first-order chi connectivity index (χ1) is 9.19. The Morgan fingerprint density at radius 2 is 2.16 bits per heavy atom. The van der Waals surface area contributed by atoms with E-state index in [1.807, 2.05) is 19.1 Å². The van der Waals surface area contributed by atoms with Crippen LogP contribution in [0.1, 0.15) is 38.7 Å². The summed E-state index contributed by atoms with van der Waals surface area (Å²) in [5.74, 6) is 1.84. The Balaban J connectivity index is 2.06. The van der Waals surface area contributed by atoms with E-state index < -0.39 is 0 Å². The Labute approximate surface area is 116 Å². The zero-order valence-corrected chi connectivity index (χ0v) is 12.2. The molecule has 1 unspecified atom stereocenters. The number of ether oxygens (including phenoxy) is 1. The first-order valence-corrected chi connectivity index (χ1v) is 7.42. The summed E-state index contributed by atoms with van der Waals surface area (Å²) in [6, 6.07) is 5.97. The molecule has 0 radical (unpaired) electrons. The van der Waals surface area contributed by atoms with Gasteiger partial charge in [-0.05, 0) is 63.4 Å². The van der Waals surface area contributed by atoms with Gasteiger partial charge in [0.15, 0.2) is 0 Å². The van der Waals surface area contributed by atoms with Crippen LogP contribution in [0.4, 0.5) is 5.69 Å². The minimum atomic E-state index is 0.702. The fourth-order valence-corrected chi connectivity index (χ4v) is 2.74. The van der Waals surface area contributed by atoms with E-state index in [4.69, 9.17) is 10.5 Å². The zero-order chi connectivity index (χ0) is 13.7. The molecule has 1 heterocycles. The summed E-state index contributed by atoms with van der Waals surface area (Å²) in [6.45, 7) is 8.40. The second-order valence-electron chi connectivity index (χ2n) is 5.61. The highest BCUT2D eigenvalue weighted by Gasteiger charge is 2.15. The highest BCUT2D eigenvalue weighted by Crippen LogP contribution is 2.25. The largest absolute Gasteiger partial charge is 0.494 e. The molecular formula is C16H26N2O. The van der Waals surface area contributed by atoms with Crippen LogP contribution in [0.3, 0.4) is 0 Å². The quantitative estimate of drug-likeness (QED) is 0.846. The van der Waals surface area contributed by atoms with E-state index in [0.717, 1.165) is 23.9 Å². The molecule has 2 rings (SSSR count). The molecule has 0 aromatic heterocycles. The van der Waals surface area contributed by atoms with Gasteiger partial charge in [0.25, 0.3) is 0 Å². The predicted octanol–water partition coefficient (Wildman–Crippen LogP) is 3.29. The molecule has 2 N–H and O–H groups in total. The van der Waals surface area contributed by atoms with Crippen molar-refractivity contribution in [2.45, 2.75) is 39.7 Å². The molecule has 0 aliphatic carbocycles. The normalized spacial score (nSPS) is 21.1. The highest BCUT2D eigenvalue weighted by atomic mass is 16.5. The molecule has 0 spiro atoms. The molecule has 1 aliphatic heterocycles. The number of nitrogen functional groups attached to an aromatic ring is 1. The van der Waals surface area contributed by atoms with E-state index in [1.54, 1.807) is 0 Å². The van der Waals surface area contributed by atoms with Crippen LogP contribution in [-0.2, 0) is 6.54 Å². The first kappa shape index (κ1) is 14.2. The number of hydrogen-bond donors (Lipinski definition) is 1. The third-order valence-corrected chi connectivity index (χ3v) is 3.89. The lowest BCUT2D eigenvalue weighted by Crippen LogP contribution is -2.24. The second-order valence-corrected chi connectivity index (χ2v) is 5.61. The van der Waals surface area contributed by atoms with Gasteiger partial charge in [-0.15, -0.1) is 0 Å². The van der Waals surface area contributed by atoms with Crippen LogP contribution < -0.4 is 10.5 Å². The molecule has 3 nitrogen and oxygen atoms in total. The summed E-state index contributed by atoms with van der Waals surface area (Å²) in [6.07, 6.45) is 3.95. The van der Waals surface area contributed by atoms with Crippen molar-refractivity contribution in [2.24, 2.45) is 5.92 Å². The Hall–Kier alpha value is -1.22. The van der Waals surface area contributed by atoms with Crippen LogP contribution in [0.15, 0.2) is 18.2 Å². The maximum atomic E-state index is 5.91. The number of hydrogen-bond acceptors (Lipinski definition) is 3. The van der Waals surface area contributed by atoms with Gasteiger partial charge in [0, 0.05) is 17.8 Å². The lowest BCUT2D eigenvalue weighted by atomic mass is 10.0. The Kier molecular flexibility index (Phi) is 5.08. The lowest BCUT2D eigenvalue weighted by molar-refractivity contribution is 0.264. The molecule has 1 aliphatic rings. The van der Waals surface area contributed by atoms with Crippen LogP contribution in [-0.4, -0.2) is 24.6 Å².